The molecule has 1 aliphatic rings. The Balaban J connectivity index is 2.07. The summed E-state index contributed by atoms with van der Waals surface area (Å²) in [7, 11) is -2.92. The topological polar surface area (TPSA) is 85.1 Å². The molecule has 2 heterocycles. The quantitative estimate of drug-likeness (QED) is 0.826. The van der Waals surface area contributed by atoms with Crippen LogP contribution in [0.5, 0.6) is 0 Å². The number of hydrogen-bond acceptors (Lipinski definition) is 6. The predicted octanol–water partition coefficient (Wildman–Crippen LogP) is 1.85. The molecular formula is C14H25N3O3S. The van der Waals surface area contributed by atoms with Gasteiger partial charge in [-0.15, -0.1) is 0 Å². The lowest BCUT2D eigenvalue weighted by Crippen LogP contribution is -2.32. The molecule has 6 nitrogen and oxygen atoms in total. The Bertz CT molecular complexity index is 556. The third-order valence-electron chi connectivity index (χ3n) is 4.13. The van der Waals surface area contributed by atoms with Crippen molar-refractivity contribution in [1.29, 1.82) is 0 Å². The van der Waals surface area contributed by atoms with Crippen LogP contribution in [0.15, 0.2) is 4.52 Å². The molecule has 120 valence electrons. The Morgan fingerprint density at radius 2 is 2.19 bits per heavy atom. The summed E-state index contributed by atoms with van der Waals surface area (Å²) in [6, 6.07) is 0.260. The Morgan fingerprint density at radius 1 is 1.43 bits per heavy atom. The van der Waals surface area contributed by atoms with E-state index in [1.165, 1.54) is 0 Å². The summed E-state index contributed by atoms with van der Waals surface area (Å²) < 4.78 is 28.5. The summed E-state index contributed by atoms with van der Waals surface area (Å²) in [6.45, 7) is 7.30. The van der Waals surface area contributed by atoms with Crippen LogP contribution in [0.3, 0.4) is 0 Å². The van der Waals surface area contributed by atoms with Gasteiger partial charge in [0.25, 0.3) is 0 Å². The lowest BCUT2D eigenvalue weighted by Gasteiger charge is -2.20. The zero-order valence-corrected chi connectivity index (χ0v) is 13.8. The average Bonchev–Trinajstić information content (AvgIpc) is 3.04. The zero-order chi connectivity index (χ0) is 15.5. The number of sulfone groups is 1. The van der Waals surface area contributed by atoms with Crippen LogP contribution in [0.1, 0.15) is 63.6 Å². The molecule has 1 aromatic heterocycles. The van der Waals surface area contributed by atoms with Crippen molar-refractivity contribution in [2.24, 2.45) is 0 Å². The van der Waals surface area contributed by atoms with Gasteiger partial charge in [0, 0.05) is 12.0 Å². The molecule has 0 spiro atoms. The predicted molar refractivity (Wildman–Crippen MR) is 81.1 cm³/mol. The minimum atomic E-state index is -2.92. The van der Waals surface area contributed by atoms with Gasteiger partial charge in [0.2, 0.25) is 5.89 Å². The zero-order valence-electron chi connectivity index (χ0n) is 13.0. The second-order valence-corrected chi connectivity index (χ2v) is 8.08. The SMILES string of the molecule is CCCNC(C)C(CC)c1nc(C2CCS(=O)(=O)C2)no1. The molecule has 1 saturated heterocycles. The molecule has 0 bridgehead atoms. The van der Waals surface area contributed by atoms with Gasteiger partial charge >= 0.3 is 0 Å². The number of nitrogens with zero attached hydrogens (tertiary/aromatic N) is 2. The van der Waals surface area contributed by atoms with Gasteiger partial charge in [-0.05, 0) is 32.7 Å². The summed E-state index contributed by atoms with van der Waals surface area (Å²) in [4.78, 5) is 4.48. The van der Waals surface area contributed by atoms with Crippen molar-refractivity contribution in [3.8, 4) is 0 Å². The van der Waals surface area contributed by atoms with Gasteiger partial charge in [0.15, 0.2) is 15.7 Å². The molecule has 0 radical (unpaired) electrons. The highest BCUT2D eigenvalue weighted by molar-refractivity contribution is 7.91. The van der Waals surface area contributed by atoms with Crippen LogP contribution in [0, 0.1) is 0 Å². The minimum absolute atomic E-state index is 0.107. The van der Waals surface area contributed by atoms with Crippen molar-refractivity contribution in [2.75, 3.05) is 18.1 Å². The Hall–Kier alpha value is -0.950. The molecule has 0 amide bonds. The van der Waals surface area contributed by atoms with Crippen molar-refractivity contribution in [3.05, 3.63) is 11.7 Å². The van der Waals surface area contributed by atoms with Crippen LogP contribution in [0.2, 0.25) is 0 Å². The number of hydrogen-bond donors (Lipinski definition) is 1. The highest BCUT2D eigenvalue weighted by Crippen LogP contribution is 2.29. The molecule has 0 aliphatic carbocycles. The van der Waals surface area contributed by atoms with Crippen LogP contribution in [-0.2, 0) is 9.84 Å². The maximum atomic E-state index is 11.5. The van der Waals surface area contributed by atoms with Crippen LogP contribution >= 0.6 is 0 Å². The van der Waals surface area contributed by atoms with Crippen LogP contribution in [0.25, 0.3) is 0 Å². The molecule has 2 rings (SSSR count). The first kappa shape index (κ1) is 16.4. The molecule has 0 aromatic carbocycles. The first-order chi connectivity index (χ1) is 9.96. The van der Waals surface area contributed by atoms with Crippen molar-refractivity contribution in [1.82, 2.24) is 15.5 Å². The first-order valence-electron chi connectivity index (χ1n) is 7.74. The molecule has 1 fully saturated rings. The van der Waals surface area contributed by atoms with E-state index in [2.05, 4.69) is 36.2 Å². The minimum Gasteiger partial charge on any atom is -0.339 e. The fraction of sp³-hybridized carbons (Fsp3) is 0.857. The van der Waals surface area contributed by atoms with Gasteiger partial charge < -0.3 is 9.84 Å². The van der Waals surface area contributed by atoms with Crippen LogP contribution in [0.4, 0.5) is 0 Å². The van der Waals surface area contributed by atoms with Crippen LogP contribution < -0.4 is 5.32 Å². The van der Waals surface area contributed by atoms with Crippen LogP contribution in [-0.4, -0.2) is 42.7 Å². The third kappa shape index (κ3) is 4.03. The van der Waals surface area contributed by atoms with E-state index in [1.54, 1.807) is 0 Å². The summed E-state index contributed by atoms with van der Waals surface area (Å²) in [5.74, 6) is 1.60. The molecule has 3 atom stereocenters. The number of aromatic nitrogens is 2. The average molecular weight is 315 g/mol. The van der Waals surface area contributed by atoms with E-state index < -0.39 is 9.84 Å². The smallest absolute Gasteiger partial charge is 0.231 e. The van der Waals surface area contributed by atoms with E-state index in [0.717, 1.165) is 19.4 Å². The highest BCUT2D eigenvalue weighted by Gasteiger charge is 2.33. The van der Waals surface area contributed by atoms with E-state index >= 15 is 0 Å². The van der Waals surface area contributed by atoms with Gasteiger partial charge in [0.1, 0.15) is 0 Å². The van der Waals surface area contributed by atoms with Crippen molar-refractivity contribution in [3.63, 3.8) is 0 Å². The second kappa shape index (κ2) is 6.87. The molecule has 21 heavy (non-hydrogen) atoms. The van der Waals surface area contributed by atoms with E-state index in [-0.39, 0.29) is 29.4 Å². The maximum Gasteiger partial charge on any atom is 0.231 e. The van der Waals surface area contributed by atoms with E-state index in [1.807, 2.05) is 0 Å². The van der Waals surface area contributed by atoms with Crippen molar-refractivity contribution in [2.45, 2.75) is 57.9 Å². The lowest BCUT2D eigenvalue weighted by molar-refractivity contribution is 0.313. The van der Waals surface area contributed by atoms with Gasteiger partial charge in [-0.25, -0.2) is 8.42 Å². The number of rotatable bonds is 7. The third-order valence-corrected chi connectivity index (χ3v) is 5.90. The lowest BCUT2D eigenvalue weighted by atomic mass is 9.98. The highest BCUT2D eigenvalue weighted by atomic mass is 32.2. The fourth-order valence-electron chi connectivity index (χ4n) is 2.82. The van der Waals surface area contributed by atoms with Gasteiger partial charge in [0.05, 0.1) is 17.4 Å². The number of nitrogens with one attached hydrogen (secondary N) is 1. The first-order valence-corrected chi connectivity index (χ1v) is 9.56. The Kier molecular flexibility index (Phi) is 5.37. The van der Waals surface area contributed by atoms with Gasteiger partial charge in [-0.2, -0.15) is 4.98 Å². The maximum absolute atomic E-state index is 11.5. The van der Waals surface area contributed by atoms with Gasteiger partial charge in [-0.1, -0.05) is 19.0 Å². The summed E-state index contributed by atoms with van der Waals surface area (Å²) in [5.41, 5.74) is 0. The fourth-order valence-corrected chi connectivity index (χ4v) is 4.56. The van der Waals surface area contributed by atoms with E-state index in [0.29, 0.717) is 18.1 Å². The van der Waals surface area contributed by atoms with Gasteiger partial charge in [-0.3, -0.25) is 0 Å². The van der Waals surface area contributed by atoms with Crippen molar-refractivity contribution < 1.29 is 12.9 Å². The summed E-state index contributed by atoms with van der Waals surface area (Å²) >= 11 is 0. The standard InChI is InChI=1S/C14H25N3O3S/c1-4-7-15-10(3)12(5-2)14-16-13(17-20-14)11-6-8-21(18,19)9-11/h10-12,15H,4-9H2,1-3H3. The van der Waals surface area contributed by atoms with Crippen molar-refractivity contribution >= 4 is 9.84 Å². The Morgan fingerprint density at radius 3 is 2.76 bits per heavy atom. The molecule has 0 saturated carbocycles. The van der Waals surface area contributed by atoms with E-state index in [9.17, 15) is 8.42 Å². The molecular weight excluding hydrogens is 290 g/mol. The summed E-state index contributed by atoms with van der Waals surface area (Å²) in [6.07, 6.45) is 2.58. The van der Waals surface area contributed by atoms with E-state index in [4.69, 9.17) is 4.52 Å². The molecule has 3 unspecified atom stereocenters. The molecule has 1 aliphatic heterocycles. The molecule has 7 heteroatoms. The second-order valence-electron chi connectivity index (χ2n) is 5.85. The normalized spacial score (nSPS) is 24.0. The Labute approximate surface area is 126 Å². The molecule has 1 N–H and O–H groups in total. The monoisotopic (exact) mass is 315 g/mol. The largest absolute Gasteiger partial charge is 0.339 e. The summed E-state index contributed by atoms with van der Waals surface area (Å²) in [5, 5.41) is 7.47. The molecule has 1 aromatic rings.